The van der Waals surface area contributed by atoms with Crippen LogP contribution in [-0.2, 0) is 5.88 Å². The van der Waals surface area contributed by atoms with Crippen molar-refractivity contribution in [3.8, 4) is 5.75 Å². The highest BCUT2D eigenvalue weighted by Gasteiger charge is 2.22. The zero-order chi connectivity index (χ0) is 11.6. The van der Waals surface area contributed by atoms with Gasteiger partial charge in [0.1, 0.15) is 5.75 Å². The lowest BCUT2D eigenvalue weighted by atomic mass is 10.1. The first kappa shape index (κ1) is 11.6. The van der Waals surface area contributed by atoms with Gasteiger partial charge in [-0.1, -0.05) is 0 Å². The maximum atomic E-state index is 12.4. The lowest BCUT2D eigenvalue weighted by Crippen LogP contribution is -2.08. The Balaban J connectivity index is 3.39. The zero-order valence-corrected chi connectivity index (χ0v) is 8.00. The van der Waals surface area contributed by atoms with Crippen molar-refractivity contribution < 1.29 is 23.8 Å². The molecule has 1 heterocycles. The predicted molar refractivity (Wildman–Crippen MR) is 47.4 cm³/mol. The van der Waals surface area contributed by atoms with Crippen LogP contribution in [0.3, 0.4) is 0 Å². The smallest absolute Gasteiger partial charge is 0.355 e. The second-order valence-corrected chi connectivity index (χ2v) is 2.90. The third-order valence-electron chi connectivity index (χ3n) is 1.67. The quantitative estimate of drug-likeness (QED) is 0.791. The molecular weight excluding hydrogens is 232 g/mol. The fourth-order valence-electron chi connectivity index (χ4n) is 0.992. The molecule has 0 aliphatic carbocycles. The lowest BCUT2D eigenvalue weighted by molar-refractivity contribution is 0.0676. The summed E-state index contributed by atoms with van der Waals surface area (Å²) in [4.78, 5) is 13.9. The fourth-order valence-corrected chi connectivity index (χ4v) is 1.19. The van der Waals surface area contributed by atoms with Gasteiger partial charge < -0.3 is 10.2 Å². The van der Waals surface area contributed by atoms with E-state index >= 15 is 0 Å². The molecule has 0 aliphatic rings. The molecule has 0 unspecified atom stereocenters. The van der Waals surface area contributed by atoms with Crippen LogP contribution in [-0.4, -0.2) is 21.2 Å². The number of aromatic hydroxyl groups is 1. The Morgan fingerprint density at radius 1 is 1.60 bits per heavy atom. The molecule has 0 saturated heterocycles. The molecule has 0 saturated carbocycles. The maximum Gasteiger partial charge on any atom is 0.355 e. The predicted octanol–water partition coefficient (Wildman–Crippen LogP) is 2.16. The number of rotatable bonds is 3. The first-order valence-electron chi connectivity index (χ1n) is 3.77. The number of hydrogen-bond donors (Lipinski definition) is 2. The van der Waals surface area contributed by atoms with Gasteiger partial charge in [-0.25, -0.2) is 18.6 Å². The minimum atomic E-state index is -3.01. The van der Waals surface area contributed by atoms with Gasteiger partial charge in [0, 0.05) is 0 Å². The number of carboxylic acid groups (broad SMARTS) is 1. The van der Waals surface area contributed by atoms with Gasteiger partial charge in [-0.15, -0.1) is 11.6 Å². The molecule has 0 atom stereocenters. The maximum absolute atomic E-state index is 12.4. The molecule has 0 bridgehead atoms. The summed E-state index contributed by atoms with van der Waals surface area (Å²) < 4.78 is 24.7. The Bertz CT molecular complexity index is 398. The van der Waals surface area contributed by atoms with Crippen molar-refractivity contribution in [3.63, 3.8) is 0 Å². The van der Waals surface area contributed by atoms with Crippen LogP contribution in [0.2, 0.25) is 0 Å². The number of nitrogens with zero attached hydrogens (tertiary/aromatic N) is 1. The summed E-state index contributed by atoms with van der Waals surface area (Å²) in [5.74, 6) is -2.38. The number of carbonyl (C=O) groups is 1. The van der Waals surface area contributed by atoms with Gasteiger partial charge in [0.2, 0.25) is 0 Å². The number of hydrogen-bond acceptors (Lipinski definition) is 3. The summed E-state index contributed by atoms with van der Waals surface area (Å²) in [6.45, 7) is 0. The van der Waals surface area contributed by atoms with E-state index in [9.17, 15) is 18.7 Å². The first-order chi connectivity index (χ1) is 6.97. The van der Waals surface area contributed by atoms with Gasteiger partial charge in [0.05, 0.1) is 17.1 Å². The van der Waals surface area contributed by atoms with Gasteiger partial charge in [-0.2, -0.15) is 0 Å². The highest BCUT2D eigenvalue weighted by Crippen LogP contribution is 2.28. The van der Waals surface area contributed by atoms with Crippen LogP contribution >= 0.6 is 11.6 Å². The summed E-state index contributed by atoms with van der Waals surface area (Å²) in [5, 5.41) is 17.8. The lowest BCUT2D eigenvalue weighted by Gasteiger charge is -2.07. The van der Waals surface area contributed by atoms with Crippen molar-refractivity contribution in [1.29, 1.82) is 0 Å². The normalized spacial score (nSPS) is 10.7. The van der Waals surface area contributed by atoms with Gasteiger partial charge in [0.25, 0.3) is 6.43 Å². The molecule has 0 aromatic carbocycles. The van der Waals surface area contributed by atoms with Crippen LogP contribution in [0.1, 0.15) is 28.2 Å². The molecule has 0 fully saturated rings. The molecule has 82 valence electrons. The Morgan fingerprint density at radius 2 is 2.20 bits per heavy atom. The zero-order valence-electron chi connectivity index (χ0n) is 7.25. The molecule has 0 spiro atoms. The highest BCUT2D eigenvalue weighted by atomic mass is 35.5. The number of halogens is 3. The standard InChI is InChI=1S/C8H6ClF2NO3/c9-2-4-5(13)1-3(7(10)11)6(12-4)8(14)15/h1,7,13H,2H2,(H,14,15). The molecule has 4 nitrogen and oxygen atoms in total. The third kappa shape index (κ3) is 2.33. The van der Waals surface area contributed by atoms with Crippen LogP contribution in [0.4, 0.5) is 8.78 Å². The van der Waals surface area contributed by atoms with Gasteiger partial charge in [-0.3, -0.25) is 0 Å². The van der Waals surface area contributed by atoms with E-state index in [1.807, 2.05) is 0 Å². The highest BCUT2D eigenvalue weighted by molar-refractivity contribution is 6.17. The summed E-state index contributed by atoms with van der Waals surface area (Å²) in [5.41, 5.74) is -1.76. The van der Waals surface area contributed by atoms with Crippen LogP contribution in [0.25, 0.3) is 0 Å². The molecule has 0 aliphatic heterocycles. The van der Waals surface area contributed by atoms with Crippen molar-refractivity contribution in [2.75, 3.05) is 0 Å². The van der Waals surface area contributed by atoms with E-state index in [-0.39, 0.29) is 11.6 Å². The molecule has 0 radical (unpaired) electrons. The number of carboxylic acids is 1. The van der Waals surface area contributed by atoms with E-state index in [1.165, 1.54) is 0 Å². The molecule has 1 rings (SSSR count). The van der Waals surface area contributed by atoms with E-state index < -0.39 is 29.4 Å². The summed E-state index contributed by atoms with van der Waals surface area (Å²) in [7, 11) is 0. The van der Waals surface area contributed by atoms with E-state index in [0.29, 0.717) is 6.07 Å². The van der Waals surface area contributed by atoms with Crippen molar-refractivity contribution in [1.82, 2.24) is 4.98 Å². The van der Waals surface area contributed by atoms with Crippen LogP contribution in [0.15, 0.2) is 6.07 Å². The summed E-state index contributed by atoms with van der Waals surface area (Å²) in [6.07, 6.45) is -3.01. The van der Waals surface area contributed by atoms with Crippen LogP contribution in [0, 0.1) is 0 Å². The molecule has 0 amide bonds. The second-order valence-electron chi connectivity index (χ2n) is 2.63. The second kappa shape index (κ2) is 4.39. The summed E-state index contributed by atoms with van der Waals surface area (Å²) >= 11 is 5.34. The molecule has 2 N–H and O–H groups in total. The number of aromatic carboxylic acids is 1. The van der Waals surface area contributed by atoms with E-state index in [1.54, 1.807) is 0 Å². The summed E-state index contributed by atoms with van der Waals surface area (Å²) in [6, 6.07) is 0.666. The Kier molecular flexibility index (Phi) is 3.41. The SMILES string of the molecule is O=C(O)c1nc(CCl)c(O)cc1C(F)F. The average Bonchev–Trinajstić information content (AvgIpc) is 2.16. The topological polar surface area (TPSA) is 70.4 Å². The fraction of sp³-hybridized carbons (Fsp3) is 0.250. The minimum absolute atomic E-state index is 0.140. The van der Waals surface area contributed by atoms with E-state index in [2.05, 4.69) is 4.98 Å². The number of pyridine rings is 1. The minimum Gasteiger partial charge on any atom is -0.506 e. The number of alkyl halides is 3. The molecule has 7 heteroatoms. The molecule has 15 heavy (non-hydrogen) atoms. The van der Waals surface area contributed by atoms with Gasteiger partial charge in [0.15, 0.2) is 5.69 Å². The van der Waals surface area contributed by atoms with Gasteiger partial charge >= 0.3 is 5.97 Å². The Labute approximate surface area is 88.1 Å². The van der Waals surface area contributed by atoms with Crippen molar-refractivity contribution in [3.05, 3.63) is 23.0 Å². The molecular formula is C8H6ClF2NO3. The first-order valence-corrected chi connectivity index (χ1v) is 4.31. The van der Waals surface area contributed by atoms with Gasteiger partial charge in [-0.05, 0) is 6.07 Å². The van der Waals surface area contributed by atoms with Crippen molar-refractivity contribution in [2.24, 2.45) is 0 Å². The number of aromatic nitrogens is 1. The van der Waals surface area contributed by atoms with Crippen molar-refractivity contribution >= 4 is 17.6 Å². The molecule has 1 aromatic heterocycles. The average molecular weight is 238 g/mol. The van der Waals surface area contributed by atoms with E-state index in [0.717, 1.165) is 0 Å². The third-order valence-corrected chi connectivity index (χ3v) is 1.93. The van der Waals surface area contributed by atoms with Crippen molar-refractivity contribution in [2.45, 2.75) is 12.3 Å². The Morgan fingerprint density at radius 3 is 2.60 bits per heavy atom. The van der Waals surface area contributed by atoms with Crippen LogP contribution < -0.4 is 0 Å². The van der Waals surface area contributed by atoms with Crippen LogP contribution in [0.5, 0.6) is 5.75 Å². The van der Waals surface area contributed by atoms with E-state index in [4.69, 9.17) is 16.7 Å². The largest absolute Gasteiger partial charge is 0.506 e. The molecule has 1 aromatic rings. The monoisotopic (exact) mass is 237 g/mol. The Hall–Kier alpha value is -1.43.